The van der Waals surface area contributed by atoms with Crippen LogP contribution >= 0.6 is 22.9 Å². The number of amides is 1. The largest absolute Gasteiger partial charge is 0.491 e. The van der Waals surface area contributed by atoms with Gasteiger partial charge in [0.1, 0.15) is 40.4 Å². The van der Waals surface area contributed by atoms with Gasteiger partial charge in [0, 0.05) is 44.4 Å². The molecule has 37 heavy (non-hydrogen) atoms. The number of hydrogen-bond donors (Lipinski definition) is 1. The molecule has 5 rings (SSSR count). The first-order valence-electron chi connectivity index (χ1n) is 12.3. The van der Waals surface area contributed by atoms with Gasteiger partial charge in [-0.2, -0.15) is 0 Å². The number of halogens is 1. The molecule has 1 atom stereocenters. The van der Waals surface area contributed by atoms with Crippen molar-refractivity contribution in [3.05, 3.63) is 70.3 Å². The number of benzene rings is 2. The molecular weight excluding hydrogens is 510 g/mol. The molecule has 3 heterocycles. The Labute approximate surface area is 225 Å². The minimum atomic E-state index is -0.546. The first kappa shape index (κ1) is 25.5. The first-order chi connectivity index (χ1) is 17.9. The second-order valence-corrected chi connectivity index (χ2v) is 10.6. The summed E-state index contributed by atoms with van der Waals surface area (Å²) in [4.78, 5) is 21.8. The highest BCUT2D eigenvalue weighted by molar-refractivity contribution is 7.16. The minimum Gasteiger partial charge on any atom is -0.491 e. The Morgan fingerprint density at radius 3 is 2.70 bits per heavy atom. The van der Waals surface area contributed by atoms with Crippen LogP contribution in [0.4, 0.5) is 0 Å². The van der Waals surface area contributed by atoms with Gasteiger partial charge in [0.15, 0.2) is 0 Å². The van der Waals surface area contributed by atoms with Crippen LogP contribution in [-0.4, -0.2) is 71.6 Å². The highest BCUT2D eigenvalue weighted by Crippen LogP contribution is 2.38. The van der Waals surface area contributed by atoms with Crippen LogP contribution in [0.3, 0.4) is 0 Å². The lowest BCUT2D eigenvalue weighted by Crippen LogP contribution is -2.45. The monoisotopic (exact) mass is 539 g/mol. The van der Waals surface area contributed by atoms with E-state index in [0.29, 0.717) is 28.0 Å². The lowest BCUT2D eigenvalue weighted by molar-refractivity contribution is 0.0998. The number of thiophene rings is 1. The highest BCUT2D eigenvalue weighted by atomic mass is 35.5. The van der Waals surface area contributed by atoms with Gasteiger partial charge >= 0.3 is 0 Å². The van der Waals surface area contributed by atoms with Gasteiger partial charge in [-0.1, -0.05) is 35.9 Å². The second kappa shape index (κ2) is 11.1. The van der Waals surface area contributed by atoms with E-state index in [1.54, 1.807) is 6.33 Å². The molecule has 2 N–H and O–H groups in total. The number of carbonyl (C=O) groups excluding carboxylic acids is 1. The summed E-state index contributed by atoms with van der Waals surface area (Å²) in [6.07, 6.45) is 1.29. The number of carbonyl (C=O) groups is 1. The minimum absolute atomic E-state index is 0.343. The summed E-state index contributed by atoms with van der Waals surface area (Å²) in [5.41, 5.74) is 8.27. The number of para-hydroxylation sites is 2. The maximum atomic E-state index is 12.2. The van der Waals surface area contributed by atoms with Crippen molar-refractivity contribution in [2.24, 2.45) is 5.73 Å². The van der Waals surface area contributed by atoms with Crippen LogP contribution < -0.4 is 15.2 Å². The summed E-state index contributed by atoms with van der Waals surface area (Å²) in [7, 11) is 2.14. The molecule has 10 heteroatoms. The molecule has 1 unspecified atom stereocenters. The number of nitrogens with zero attached hydrogens (tertiary/aromatic N) is 4. The Balaban J connectivity index is 1.31. The van der Waals surface area contributed by atoms with E-state index in [1.807, 2.05) is 60.0 Å². The van der Waals surface area contributed by atoms with Crippen LogP contribution in [0.5, 0.6) is 11.5 Å². The first-order valence-corrected chi connectivity index (χ1v) is 13.4. The van der Waals surface area contributed by atoms with Gasteiger partial charge in [-0.25, -0.2) is 4.98 Å². The van der Waals surface area contributed by atoms with Crippen molar-refractivity contribution >= 4 is 39.9 Å². The Bertz CT molecular complexity index is 1400. The topological polar surface area (TPSA) is 85.8 Å². The predicted octanol–water partition coefficient (Wildman–Crippen LogP) is 4.61. The summed E-state index contributed by atoms with van der Waals surface area (Å²) in [5.74, 6) is 0.486. The number of fused-ring (bicyclic) bond motifs is 1. The standard InChI is InChI=1S/C27H30ClN5O3S/c1-18(19-6-5-9-22(25(19)28)35-15-14-32-12-10-31(2)11-13-32)36-23-16-24(37-26(23)27(29)34)33-17-30-20-7-3-4-8-21(20)33/h3-9,16-18H,10-15H2,1-2H3,(H2,29,34). The summed E-state index contributed by atoms with van der Waals surface area (Å²) in [6, 6.07) is 15.3. The number of hydrogen-bond acceptors (Lipinski definition) is 7. The van der Waals surface area contributed by atoms with Crippen molar-refractivity contribution in [3.63, 3.8) is 0 Å². The fourth-order valence-electron chi connectivity index (χ4n) is 4.44. The van der Waals surface area contributed by atoms with Crippen LogP contribution in [0.2, 0.25) is 5.02 Å². The smallest absolute Gasteiger partial charge is 0.262 e. The fraction of sp³-hybridized carbons (Fsp3) is 0.333. The molecule has 0 saturated carbocycles. The van der Waals surface area contributed by atoms with Crippen molar-refractivity contribution < 1.29 is 14.3 Å². The second-order valence-electron chi connectivity index (χ2n) is 9.16. The zero-order valence-corrected chi connectivity index (χ0v) is 22.5. The number of imidazole rings is 1. The summed E-state index contributed by atoms with van der Waals surface area (Å²) in [6.45, 7) is 7.52. The molecule has 1 saturated heterocycles. The molecular formula is C27H30ClN5O3S. The highest BCUT2D eigenvalue weighted by Gasteiger charge is 2.22. The number of primary amides is 1. The van der Waals surface area contributed by atoms with Crippen LogP contribution in [0, 0.1) is 0 Å². The lowest BCUT2D eigenvalue weighted by Gasteiger charge is -2.32. The molecule has 2 aromatic carbocycles. The quantitative estimate of drug-likeness (QED) is 0.334. The van der Waals surface area contributed by atoms with Gasteiger partial charge < -0.3 is 20.1 Å². The van der Waals surface area contributed by atoms with Crippen molar-refractivity contribution in [3.8, 4) is 16.5 Å². The molecule has 8 nitrogen and oxygen atoms in total. The zero-order chi connectivity index (χ0) is 25.9. The molecule has 0 radical (unpaired) electrons. The molecule has 1 fully saturated rings. The van der Waals surface area contributed by atoms with Crippen molar-refractivity contribution in [2.45, 2.75) is 13.0 Å². The normalized spacial score (nSPS) is 15.6. The van der Waals surface area contributed by atoms with Gasteiger partial charge in [-0.15, -0.1) is 11.3 Å². The van der Waals surface area contributed by atoms with Gasteiger partial charge in [-0.3, -0.25) is 14.3 Å². The SMILES string of the molecule is CC(Oc1cc(-n2cnc3ccccc32)sc1C(N)=O)c1cccc(OCCN2CCN(C)CC2)c1Cl. The van der Waals surface area contributed by atoms with Crippen molar-refractivity contribution in [1.82, 2.24) is 19.4 Å². The van der Waals surface area contributed by atoms with E-state index >= 15 is 0 Å². The Morgan fingerprint density at radius 2 is 1.92 bits per heavy atom. The Kier molecular flexibility index (Phi) is 7.66. The predicted molar refractivity (Wildman–Crippen MR) is 147 cm³/mol. The van der Waals surface area contributed by atoms with E-state index in [4.69, 9.17) is 26.8 Å². The maximum absolute atomic E-state index is 12.2. The van der Waals surface area contributed by atoms with Gasteiger partial charge in [0.2, 0.25) is 0 Å². The van der Waals surface area contributed by atoms with E-state index in [2.05, 4.69) is 21.8 Å². The van der Waals surface area contributed by atoms with Gasteiger partial charge in [-0.05, 0) is 32.2 Å². The number of rotatable bonds is 9. The number of ether oxygens (including phenoxy) is 2. The molecule has 1 aliphatic rings. The molecule has 0 aliphatic carbocycles. The molecule has 0 spiro atoms. The van der Waals surface area contributed by atoms with E-state index in [0.717, 1.165) is 54.3 Å². The summed E-state index contributed by atoms with van der Waals surface area (Å²) in [5, 5.41) is 1.29. The van der Waals surface area contributed by atoms with E-state index < -0.39 is 12.0 Å². The number of nitrogens with two attached hydrogens (primary N) is 1. The number of aromatic nitrogens is 2. The molecule has 194 valence electrons. The van der Waals surface area contributed by atoms with Crippen LogP contribution in [0.15, 0.2) is 54.9 Å². The lowest BCUT2D eigenvalue weighted by atomic mass is 10.1. The average Bonchev–Trinajstić information content (AvgIpc) is 3.50. The zero-order valence-electron chi connectivity index (χ0n) is 20.9. The van der Waals surface area contributed by atoms with Gasteiger partial charge in [0.25, 0.3) is 5.91 Å². The van der Waals surface area contributed by atoms with Crippen LogP contribution in [-0.2, 0) is 0 Å². The Hall–Kier alpha value is -3.11. The molecule has 2 aromatic heterocycles. The van der Waals surface area contributed by atoms with Crippen molar-refractivity contribution in [2.75, 3.05) is 46.4 Å². The van der Waals surface area contributed by atoms with Crippen molar-refractivity contribution in [1.29, 1.82) is 0 Å². The number of likely N-dealkylation sites (N-methyl/N-ethyl adjacent to an activating group) is 1. The maximum Gasteiger partial charge on any atom is 0.262 e. The van der Waals surface area contributed by atoms with E-state index in [9.17, 15) is 4.79 Å². The molecule has 1 aliphatic heterocycles. The third-order valence-corrected chi connectivity index (χ3v) is 8.13. The van der Waals surface area contributed by atoms with Gasteiger partial charge in [0.05, 0.1) is 16.1 Å². The number of piperazine rings is 1. The summed E-state index contributed by atoms with van der Waals surface area (Å²) < 4.78 is 14.2. The third kappa shape index (κ3) is 5.60. The van der Waals surface area contributed by atoms with E-state index in [1.165, 1.54) is 11.3 Å². The van der Waals surface area contributed by atoms with E-state index in [-0.39, 0.29) is 0 Å². The third-order valence-electron chi connectivity index (χ3n) is 6.60. The van der Waals surface area contributed by atoms with Crippen LogP contribution in [0.1, 0.15) is 28.3 Å². The summed E-state index contributed by atoms with van der Waals surface area (Å²) >= 11 is 8.01. The molecule has 4 aromatic rings. The van der Waals surface area contributed by atoms with Crippen LogP contribution in [0.25, 0.3) is 16.0 Å². The molecule has 0 bridgehead atoms. The Morgan fingerprint density at radius 1 is 1.14 bits per heavy atom. The fourth-order valence-corrected chi connectivity index (χ4v) is 5.70. The molecule has 1 amide bonds. The average molecular weight is 540 g/mol.